The number of nitrogens with zero attached hydrogens (tertiary/aromatic N) is 3. The number of amides is 1. The molecule has 0 aromatic carbocycles. The highest BCUT2D eigenvalue weighted by atomic mass is 16.2. The van der Waals surface area contributed by atoms with Crippen LogP contribution in [0.3, 0.4) is 0 Å². The largest absolute Gasteiger partial charge is 0.336 e. The van der Waals surface area contributed by atoms with Crippen LogP contribution < -0.4 is 5.73 Å². The van der Waals surface area contributed by atoms with E-state index in [-0.39, 0.29) is 5.91 Å². The Hall–Kier alpha value is -1.36. The second-order valence-corrected chi connectivity index (χ2v) is 4.67. The van der Waals surface area contributed by atoms with Crippen LogP contribution in [-0.2, 0) is 7.05 Å². The van der Waals surface area contributed by atoms with Crippen LogP contribution >= 0.6 is 0 Å². The Bertz CT molecular complexity index is 380. The summed E-state index contributed by atoms with van der Waals surface area (Å²) < 4.78 is 1.77. The van der Waals surface area contributed by atoms with E-state index in [0.29, 0.717) is 11.7 Å². The first-order valence-corrected chi connectivity index (χ1v) is 6.19. The zero-order valence-corrected chi connectivity index (χ0v) is 10.3. The summed E-state index contributed by atoms with van der Waals surface area (Å²) in [6.07, 6.45) is 6.66. The number of aromatic nitrogens is 2. The van der Waals surface area contributed by atoms with Crippen molar-refractivity contribution < 1.29 is 4.79 Å². The van der Waals surface area contributed by atoms with Gasteiger partial charge in [-0.2, -0.15) is 0 Å². The minimum atomic E-state index is 0.0451. The molecule has 5 heteroatoms. The number of carbonyl (C=O) groups excluding carboxylic acids is 1. The molecule has 2 rings (SSSR count). The van der Waals surface area contributed by atoms with Crippen LogP contribution in [-0.4, -0.2) is 40.0 Å². The smallest absolute Gasteiger partial charge is 0.289 e. The summed E-state index contributed by atoms with van der Waals surface area (Å²) in [7, 11) is 1.85. The maximum Gasteiger partial charge on any atom is 0.289 e. The highest BCUT2D eigenvalue weighted by Crippen LogP contribution is 2.20. The molecule has 2 heterocycles. The van der Waals surface area contributed by atoms with Crippen LogP contribution in [0.15, 0.2) is 12.4 Å². The topological polar surface area (TPSA) is 64.2 Å². The maximum atomic E-state index is 12.2. The fourth-order valence-corrected chi connectivity index (χ4v) is 2.37. The molecule has 0 saturated carbocycles. The Kier molecular flexibility index (Phi) is 3.78. The molecular weight excluding hydrogens is 216 g/mol. The summed E-state index contributed by atoms with van der Waals surface area (Å²) in [6.45, 7) is 2.41. The number of likely N-dealkylation sites (tertiary alicyclic amines) is 1. The second kappa shape index (κ2) is 5.31. The number of rotatable bonds is 3. The number of nitrogens with two attached hydrogens (primary N) is 1. The van der Waals surface area contributed by atoms with Crippen molar-refractivity contribution in [2.24, 2.45) is 18.7 Å². The lowest BCUT2D eigenvalue weighted by Gasteiger charge is -2.31. The van der Waals surface area contributed by atoms with E-state index in [1.165, 1.54) is 0 Å². The van der Waals surface area contributed by atoms with Gasteiger partial charge in [0.2, 0.25) is 0 Å². The molecule has 0 radical (unpaired) electrons. The van der Waals surface area contributed by atoms with Crippen molar-refractivity contribution in [3.63, 3.8) is 0 Å². The van der Waals surface area contributed by atoms with Gasteiger partial charge in [0.25, 0.3) is 5.91 Å². The first-order chi connectivity index (χ1) is 8.22. The van der Waals surface area contributed by atoms with E-state index in [1.54, 1.807) is 17.0 Å². The highest BCUT2D eigenvalue weighted by Gasteiger charge is 2.25. The van der Waals surface area contributed by atoms with Crippen molar-refractivity contribution in [1.29, 1.82) is 0 Å². The van der Waals surface area contributed by atoms with Gasteiger partial charge in [-0.05, 0) is 31.7 Å². The first-order valence-electron chi connectivity index (χ1n) is 6.19. The average molecular weight is 236 g/mol. The van der Waals surface area contributed by atoms with Crippen molar-refractivity contribution in [2.75, 3.05) is 19.6 Å². The Morgan fingerprint density at radius 3 is 2.76 bits per heavy atom. The van der Waals surface area contributed by atoms with Crippen LogP contribution in [0.1, 0.15) is 29.9 Å². The van der Waals surface area contributed by atoms with Crippen LogP contribution in [0.5, 0.6) is 0 Å². The van der Waals surface area contributed by atoms with Gasteiger partial charge in [0.15, 0.2) is 5.82 Å². The maximum absolute atomic E-state index is 12.2. The standard InChI is InChI=1S/C12H20N4O/c1-15-9-6-14-11(15)12(17)16-7-3-10(2-5-13)4-8-16/h6,9-10H,2-5,7-8,13H2,1H3. The van der Waals surface area contributed by atoms with Gasteiger partial charge in [-0.25, -0.2) is 4.98 Å². The van der Waals surface area contributed by atoms with Gasteiger partial charge >= 0.3 is 0 Å². The van der Waals surface area contributed by atoms with Crippen molar-refractivity contribution in [3.05, 3.63) is 18.2 Å². The third-order valence-electron chi connectivity index (χ3n) is 3.49. The van der Waals surface area contributed by atoms with Crippen LogP contribution in [0.25, 0.3) is 0 Å². The normalized spacial score (nSPS) is 17.4. The highest BCUT2D eigenvalue weighted by molar-refractivity contribution is 5.90. The molecule has 17 heavy (non-hydrogen) atoms. The third kappa shape index (κ3) is 2.66. The van der Waals surface area contributed by atoms with Crippen molar-refractivity contribution in [1.82, 2.24) is 14.5 Å². The quantitative estimate of drug-likeness (QED) is 0.836. The number of piperidine rings is 1. The molecule has 0 unspecified atom stereocenters. The number of aryl methyl sites for hydroxylation is 1. The third-order valence-corrected chi connectivity index (χ3v) is 3.49. The van der Waals surface area contributed by atoms with E-state index in [9.17, 15) is 4.79 Å². The first kappa shape index (κ1) is 12.1. The predicted octanol–water partition coefficient (Wildman–Crippen LogP) is 0.621. The molecule has 1 aliphatic heterocycles. The SMILES string of the molecule is Cn1ccnc1C(=O)N1CCC(CCN)CC1. The Morgan fingerprint density at radius 1 is 1.53 bits per heavy atom. The summed E-state index contributed by atoms with van der Waals surface area (Å²) >= 11 is 0. The molecule has 5 nitrogen and oxygen atoms in total. The lowest BCUT2D eigenvalue weighted by Crippen LogP contribution is -2.39. The molecule has 1 aromatic rings. The number of hydrogen-bond acceptors (Lipinski definition) is 3. The van der Waals surface area contributed by atoms with Gasteiger partial charge in [0.1, 0.15) is 0 Å². The average Bonchev–Trinajstić information content (AvgIpc) is 2.76. The predicted molar refractivity (Wildman–Crippen MR) is 65.5 cm³/mol. The zero-order chi connectivity index (χ0) is 12.3. The molecule has 1 amide bonds. The van der Waals surface area contributed by atoms with Crippen molar-refractivity contribution in [3.8, 4) is 0 Å². The van der Waals surface area contributed by atoms with E-state index >= 15 is 0 Å². The minimum Gasteiger partial charge on any atom is -0.336 e. The zero-order valence-electron chi connectivity index (χ0n) is 10.3. The Morgan fingerprint density at radius 2 is 2.24 bits per heavy atom. The summed E-state index contributed by atoms with van der Waals surface area (Å²) in [5.74, 6) is 1.26. The van der Waals surface area contributed by atoms with Crippen molar-refractivity contribution >= 4 is 5.91 Å². The number of hydrogen-bond donors (Lipinski definition) is 1. The molecule has 0 bridgehead atoms. The molecule has 1 saturated heterocycles. The monoisotopic (exact) mass is 236 g/mol. The van der Waals surface area contributed by atoms with E-state index in [0.717, 1.165) is 38.9 Å². The van der Waals surface area contributed by atoms with Gasteiger partial charge < -0.3 is 15.2 Å². The molecule has 1 fully saturated rings. The van der Waals surface area contributed by atoms with E-state index < -0.39 is 0 Å². The fraction of sp³-hybridized carbons (Fsp3) is 0.667. The summed E-state index contributed by atoms with van der Waals surface area (Å²) in [5.41, 5.74) is 5.56. The molecule has 1 aliphatic rings. The molecule has 0 spiro atoms. The minimum absolute atomic E-state index is 0.0451. The lowest BCUT2D eigenvalue weighted by molar-refractivity contribution is 0.0672. The van der Waals surface area contributed by atoms with Gasteiger partial charge in [0, 0.05) is 32.5 Å². The van der Waals surface area contributed by atoms with Gasteiger partial charge in [-0.3, -0.25) is 4.79 Å². The molecule has 2 N–H and O–H groups in total. The fourth-order valence-electron chi connectivity index (χ4n) is 2.37. The number of imidazole rings is 1. The van der Waals surface area contributed by atoms with E-state index in [4.69, 9.17) is 5.73 Å². The second-order valence-electron chi connectivity index (χ2n) is 4.67. The van der Waals surface area contributed by atoms with E-state index in [1.807, 2.05) is 11.9 Å². The van der Waals surface area contributed by atoms with Gasteiger partial charge in [0.05, 0.1) is 0 Å². The molecule has 0 atom stereocenters. The Labute approximate surface area is 102 Å². The summed E-state index contributed by atoms with van der Waals surface area (Å²) in [5, 5.41) is 0. The lowest BCUT2D eigenvalue weighted by atomic mass is 9.93. The van der Waals surface area contributed by atoms with Crippen LogP contribution in [0.4, 0.5) is 0 Å². The van der Waals surface area contributed by atoms with Crippen LogP contribution in [0, 0.1) is 5.92 Å². The molecule has 1 aromatic heterocycles. The van der Waals surface area contributed by atoms with Crippen molar-refractivity contribution in [2.45, 2.75) is 19.3 Å². The molecule has 0 aliphatic carbocycles. The van der Waals surface area contributed by atoms with Gasteiger partial charge in [-0.1, -0.05) is 0 Å². The molecular formula is C12H20N4O. The Balaban J connectivity index is 1.93. The van der Waals surface area contributed by atoms with Gasteiger partial charge in [-0.15, -0.1) is 0 Å². The number of carbonyl (C=O) groups is 1. The molecule has 94 valence electrons. The van der Waals surface area contributed by atoms with E-state index in [2.05, 4.69) is 4.98 Å². The van der Waals surface area contributed by atoms with Crippen LogP contribution in [0.2, 0.25) is 0 Å². The summed E-state index contributed by atoms with van der Waals surface area (Å²) in [4.78, 5) is 18.2. The summed E-state index contributed by atoms with van der Waals surface area (Å²) in [6, 6.07) is 0.